The quantitative estimate of drug-likeness (QED) is 0.781. The first-order valence-corrected chi connectivity index (χ1v) is 7.83. The number of fused-ring (bicyclic) bond motifs is 1. The first kappa shape index (κ1) is 13.4. The molecule has 1 aliphatic carbocycles. The second kappa shape index (κ2) is 5.30. The molecule has 0 spiro atoms. The van der Waals surface area contributed by atoms with Crippen molar-refractivity contribution in [2.45, 2.75) is 59.9 Å². The van der Waals surface area contributed by atoms with Crippen LogP contribution in [0.5, 0.6) is 0 Å². The van der Waals surface area contributed by atoms with E-state index in [1.165, 1.54) is 25.8 Å². The summed E-state index contributed by atoms with van der Waals surface area (Å²) in [6.45, 7) is 13.3. The van der Waals surface area contributed by atoms with Gasteiger partial charge in [-0.15, -0.1) is 0 Å². The molecule has 0 bridgehead atoms. The van der Waals surface area contributed by atoms with Crippen LogP contribution >= 0.6 is 0 Å². The van der Waals surface area contributed by atoms with Gasteiger partial charge in [-0.1, -0.05) is 47.5 Å². The Morgan fingerprint density at radius 3 is 2.47 bits per heavy atom. The van der Waals surface area contributed by atoms with E-state index < -0.39 is 0 Å². The average molecular weight is 237 g/mol. The number of hydrogen-bond donors (Lipinski definition) is 1. The summed E-state index contributed by atoms with van der Waals surface area (Å²) in [5.74, 6) is 5.73. The monoisotopic (exact) mass is 237 g/mol. The van der Waals surface area contributed by atoms with Gasteiger partial charge < -0.3 is 5.32 Å². The van der Waals surface area contributed by atoms with Crippen LogP contribution in [-0.4, -0.2) is 12.6 Å². The molecule has 1 aliphatic heterocycles. The molecule has 1 N–H and O–H groups in total. The van der Waals surface area contributed by atoms with Crippen LogP contribution in [0.15, 0.2) is 0 Å². The van der Waals surface area contributed by atoms with Crippen molar-refractivity contribution >= 4 is 0 Å². The van der Waals surface area contributed by atoms with Crippen LogP contribution in [0, 0.1) is 35.5 Å². The van der Waals surface area contributed by atoms with Gasteiger partial charge in [-0.25, -0.2) is 0 Å². The predicted molar refractivity (Wildman–Crippen MR) is 75.0 cm³/mol. The lowest BCUT2D eigenvalue weighted by Crippen LogP contribution is -2.63. The molecular formula is C16H31N. The van der Waals surface area contributed by atoms with Crippen molar-refractivity contribution in [3.8, 4) is 0 Å². The molecule has 0 aromatic carbocycles. The zero-order chi connectivity index (χ0) is 12.6. The highest BCUT2D eigenvalue weighted by molar-refractivity contribution is 5.04. The lowest BCUT2D eigenvalue weighted by atomic mass is 9.49. The Morgan fingerprint density at radius 2 is 1.88 bits per heavy atom. The Balaban J connectivity index is 2.03. The molecule has 1 nitrogen and oxygen atoms in total. The van der Waals surface area contributed by atoms with Crippen LogP contribution in [0.4, 0.5) is 0 Å². The summed E-state index contributed by atoms with van der Waals surface area (Å²) in [7, 11) is 0. The number of hydrogen-bond acceptors (Lipinski definition) is 1. The van der Waals surface area contributed by atoms with E-state index in [0.717, 1.165) is 41.5 Å². The average Bonchev–Trinajstić information content (AvgIpc) is 2.31. The zero-order valence-electron chi connectivity index (χ0n) is 12.4. The van der Waals surface area contributed by atoms with E-state index in [0.29, 0.717) is 0 Å². The molecule has 17 heavy (non-hydrogen) atoms. The first-order valence-electron chi connectivity index (χ1n) is 7.83. The summed E-state index contributed by atoms with van der Waals surface area (Å²) < 4.78 is 0. The van der Waals surface area contributed by atoms with E-state index in [1.807, 2.05) is 0 Å². The van der Waals surface area contributed by atoms with Gasteiger partial charge in [-0.2, -0.15) is 0 Å². The van der Waals surface area contributed by atoms with Crippen LogP contribution in [0.3, 0.4) is 0 Å². The maximum atomic E-state index is 3.85. The summed E-state index contributed by atoms with van der Waals surface area (Å²) in [5, 5.41) is 3.85. The molecule has 7 atom stereocenters. The van der Waals surface area contributed by atoms with Gasteiger partial charge in [0.1, 0.15) is 0 Å². The minimum Gasteiger partial charge on any atom is -0.313 e. The Kier molecular flexibility index (Phi) is 4.18. The molecule has 2 aliphatic rings. The molecule has 1 heterocycles. The van der Waals surface area contributed by atoms with Gasteiger partial charge in [0.05, 0.1) is 0 Å². The van der Waals surface area contributed by atoms with Gasteiger partial charge in [0, 0.05) is 6.04 Å². The Bertz CT molecular complexity index is 250. The van der Waals surface area contributed by atoms with Gasteiger partial charge in [-0.05, 0) is 48.5 Å². The minimum absolute atomic E-state index is 0.812. The van der Waals surface area contributed by atoms with Gasteiger partial charge >= 0.3 is 0 Å². The third-order valence-corrected chi connectivity index (χ3v) is 5.87. The molecule has 1 saturated carbocycles. The summed E-state index contributed by atoms with van der Waals surface area (Å²) >= 11 is 0. The van der Waals surface area contributed by atoms with E-state index in [-0.39, 0.29) is 0 Å². The molecule has 0 radical (unpaired) electrons. The maximum Gasteiger partial charge on any atom is 0.0104 e. The first-order chi connectivity index (χ1) is 8.10. The summed E-state index contributed by atoms with van der Waals surface area (Å²) in [6, 6.07) is 0.812. The van der Waals surface area contributed by atoms with E-state index in [2.05, 4.69) is 39.9 Å². The molecule has 2 fully saturated rings. The molecule has 1 saturated heterocycles. The maximum absolute atomic E-state index is 3.85. The third-order valence-electron chi connectivity index (χ3n) is 5.87. The standard InChI is InChI=1S/C16H31N/c1-6-10(3)8-14-16-13(7-2)12(5)15(16)11(4)9-17-14/h10-17H,6-9H2,1-5H3. The molecule has 100 valence electrons. The van der Waals surface area contributed by atoms with Crippen molar-refractivity contribution < 1.29 is 0 Å². The fourth-order valence-corrected chi connectivity index (χ4v) is 4.68. The molecule has 2 rings (SSSR count). The van der Waals surface area contributed by atoms with E-state index in [1.54, 1.807) is 0 Å². The highest BCUT2D eigenvalue weighted by Crippen LogP contribution is 2.55. The van der Waals surface area contributed by atoms with E-state index in [4.69, 9.17) is 0 Å². The van der Waals surface area contributed by atoms with Gasteiger partial charge in [0.2, 0.25) is 0 Å². The van der Waals surface area contributed by atoms with Crippen LogP contribution in [0.25, 0.3) is 0 Å². The minimum atomic E-state index is 0.812. The molecular weight excluding hydrogens is 206 g/mol. The largest absolute Gasteiger partial charge is 0.313 e. The molecule has 0 amide bonds. The van der Waals surface area contributed by atoms with Crippen molar-refractivity contribution in [2.75, 3.05) is 6.54 Å². The molecule has 0 aromatic heterocycles. The van der Waals surface area contributed by atoms with E-state index in [9.17, 15) is 0 Å². The third kappa shape index (κ3) is 2.28. The summed E-state index contributed by atoms with van der Waals surface area (Å²) in [6.07, 6.45) is 4.11. The fraction of sp³-hybridized carbons (Fsp3) is 1.00. The van der Waals surface area contributed by atoms with Crippen LogP contribution < -0.4 is 5.32 Å². The second-order valence-corrected chi connectivity index (χ2v) is 6.83. The lowest BCUT2D eigenvalue weighted by Gasteiger charge is -2.60. The van der Waals surface area contributed by atoms with Crippen LogP contribution in [0.1, 0.15) is 53.9 Å². The lowest BCUT2D eigenvalue weighted by molar-refractivity contribution is -0.0954. The zero-order valence-corrected chi connectivity index (χ0v) is 12.4. The Morgan fingerprint density at radius 1 is 1.18 bits per heavy atom. The number of rotatable bonds is 4. The predicted octanol–water partition coefficient (Wildman–Crippen LogP) is 3.94. The van der Waals surface area contributed by atoms with Gasteiger partial charge in [0.15, 0.2) is 0 Å². The Labute approximate surface area is 108 Å². The topological polar surface area (TPSA) is 12.0 Å². The second-order valence-electron chi connectivity index (χ2n) is 6.83. The fourth-order valence-electron chi connectivity index (χ4n) is 4.68. The number of nitrogens with one attached hydrogen (secondary N) is 1. The van der Waals surface area contributed by atoms with Crippen molar-refractivity contribution in [1.82, 2.24) is 5.32 Å². The van der Waals surface area contributed by atoms with Crippen molar-refractivity contribution in [1.29, 1.82) is 0 Å². The van der Waals surface area contributed by atoms with Crippen molar-refractivity contribution in [3.05, 3.63) is 0 Å². The van der Waals surface area contributed by atoms with Crippen molar-refractivity contribution in [2.24, 2.45) is 35.5 Å². The smallest absolute Gasteiger partial charge is 0.0104 e. The van der Waals surface area contributed by atoms with Gasteiger partial charge in [-0.3, -0.25) is 0 Å². The molecule has 1 heteroatoms. The molecule has 7 unspecified atom stereocenters. The highest BCUT2D eigenvalue weighted by Gasteiger charge is 2.53. The SMILES string of the molecule is CCC(C)CC1NCC(C)C2C(C)C(CC)C12. The molecule has 0 aromatic rings. The summed E-state index contributed by atoms with van der Waals surface area (Å²) in [4.78, 5) is 0. The van der Waals surface area contributed by atoms with Crippen LogP contribution in [-0.2, 0) is 0 Å². The normalized spacial score (nSPS) is 47.1. The Hall–Kier alpha value is -0.0400. The van der Waals surface area contributed by atoms with Crippen LogP contribution in [0.2, 0.25) is 0 Å². The van der Waals surface area contributed by atoms with E-state index >= 15 is 0 Å². The van der Waals surface area contributed by atoms with Gasteiger partial charge in [0.25, 0.3) is 0 Å². The highest BCUT2D eigenvalue weighted by atomic mass is 15.0. The number of piperidine rings is 1. The van der Waals surface area contributed by atoms with Crippen molar-refractivity contribution in [3.63, 3.8) is 0 Å². The summed E-state index contributed by atoms with van der Waals surface area (Å²) in [5.41, 5.74) is 0.